The highest BCUT2D eigenvalue weighted by molar-refractivity contribution is 5.94. The number of nitrogens with zero attached hydrogens (tertiary/aromatic N) is 3. The van der Waals surface area contributed by atoms with E-state index in [0.29, 0.717) is 76.9 Å². The number of rotatable bonds is 9. The summed E-state index contributed by atoms with van der Waals surface area (Å²) in [6.45, 7) is 4.73. The first kappa shape index (κ1) is 26.5. The maximum atomic E-state index is 11.9. The van der Waals surface area contributed by atoms with Gasteiger partial charge in [0.1, 0.15) is 29.8 Å². The highest BCUT2D eigenvalue weighted by atomic mass is 16.5. The third-order valence-corrected chi connectivity index (χ3v) is 6.70. The Balaban J connectivity index is 1.45. The minimum absolute atomic E-state index is 0.0801. The second-order valence-electron chi connectivity index (χ2n) is 9.10. The number of hydrogen-bond donors (Lipinski definition) is 2. The number of piperidine rings is 1. The molecular formula is C29H28N4O7. The molecule has 11 heteroatoms. The smallest absolute Gasteiger partial charge is 0.371 e. The SMILES string of the molecule is C=CC(=O)N1CCC(Oc2cc3c(Nc4cc(-c5ccc(C(=O)O)o5)ccc4OC)ncnc3cc2OC)CC1. The van der Waals surface area contributed by atoms with E-state index < -0.39 is 5.97 Å². The molecule has 2 aromatic carbocycles. The first-order valence-electron chi connectivity index (χ1n) is 12.6. The Morgan fingerprint density at radius 2 is 1.82 bits per heavy atom. The van der Waals surface area contributed by atoms with E-state index in [4.69, 9.17) is 18.6 Å². The zero-order valence-electron chi connectivity index (χ0n) is 22.0. The van der Waals surface area contributed by atoms with Gasteiger partial charge in [0.25, 0.3) is 0 Å². The van der Waals surface area contributed by atoms with Crippen LogP contribution < -0.4 is 19.5 Å². The zero-order chi connectivity index (χ0) is 28.2. The van der Waals surface area contributed by atoms with Crippen molar-refractivity contribution >= 4 is 34.3 Å². The Morgan fingerprint density at radius 1 is 1.05 bits per heavy atom. The van der Waals surface area contributed by atoms with Gasteiger partial charge in [-0.1, -0.05) is 6.58 Å². The first-order valence-corrected chi connectivity index (χ1v) is 12.6. The van der Waals surface area contributed by atoms with Crippen LogP contribution in [0.4, 0.5) is 11.5 Å². The number of ether oxygens (including phenoxy) is 3. The van der Waals surface area contributed by atoms with Crippen molar-refractivity contribution in [2.45, 2.75) is 18.9 Å². The van der Waals surface area contributed by atoms with Gasteiger partial charge in [0.2, 0.25) is 11.7 Å². The lowest BCUT2D eigenvalue weighted by molar-refractivity contribution is -0.127. The van der Waals surface area contributed by atoms with E-state index in [1.54, 1.807) is 49.5 Å². The van der Waals surface area contributed by atoms with Gasteiger partial charge in [-0.3, -0.25) is 4.79 Å². The van der Waals surface area contributed by atoms with E-state index in [-0.39, 0.29) is 17.8 Å². The molecule has 4 aromatic rings. The summed E-state index contributed by atoms with van der Waals surface area (Å²) in [4.78, 5) is 33.8. The molecule has 0 bridgehead atoms. The van der Waals surface area contributed by atoms with Crippen LogP contribution in [-0.2, 0) is 4.79 Å². The van der Waals surface area contributed by atoms with E-state index in [0.717, 1.165) is 0 Å². The number of anilines is 2. The van der Waals surface area contributed by atoms with Crippen LogP contribution in [0.1, 0.15) is 23.4 Å². The molecule has 0 spiro atoms. The molecule has 0 unspecified atom stereocenters. The summed E-state index contributed by atoms with van der Waals surface area (Å²) < 4.78 is 23.0. The van der Waals surface area contributed by atoms with Gasteiger partial charge < -0.3 is 34.0 Å². The van der Waals surface area contributed by atoms with Crippen molar-refractivity contribution in [3.8, 4) is 28.6 Å². The van der Waals surface area contributed by atoms with Gasteiger partial charge in [-0.05, 0) is 42.5 Å². The lowest BCUT2D eigenvalue weighted by atomic mass is 10.1. The predicted molar refractivity (Wildman–Crippen MR) is 147 cm³/mol. The lowest BCUT2D eigenvalue weighted by Gasteiger charge is -2.31. The maximum Gasteiger partial charge on any atom is 0.371 e. The summed E-state index contributed by atoms with van der Waals surface area (Å²) in [6.07, 6.45) is 4.03. The van der Waals surface area contributed by atoms with E-state index in [9.17, 15) is 14.7 Å². The van der Waals surface area contributed by atoms with Crippen LogP contribution in [0, 0.1) is 0 Å². The number of methoxy groups -OCH3 is 2. The lowest BCUT2D eigenvalue weighted by Crippen LogP contribution is -2.41. The molecule has 1 aliphatic heterocycles. The molecule has 1 saturated heterocycles. The molecule has 2 aromatic heterocycles. The average Bonchev–Trinajstić information content (AvgIpc) is 3.48. The Bertz CT molecular complexity index is 1570. The molecule has 1 amide bonds. The predicted octanol–water partition coefficient (Wildman–Crippen LogP) is 4.90. The summed E-state index contributed by atoms with van der Waals surface area (Å²) in [6, 6.07) is 11.9. The Hall–Kier alpha value is -5.06. The number of carbonyl (C=O) groups is 2. The Labute approximate surface area is 230 Å². The number of aromatic nitrogens is 2. The van der Waals surface area contributed by atoms with Gasteiger partial charge in [0, 0.05) is 42.9 Å². The largest absolute Gasteiger partial charge is 0.495 e. The van der Waals surface area contributed by atoms with Crippen LogP contribution in [0.25, 0.3) is 22.2 Å². The molecule has 206 valence electrons. The fourth-order valence-electron chi connectivity index (χ4n) is 4.61. The van der Waals surface area contributed by atoms with Crippen molar-refractivity contribution in [1.82, 2.24) is 14.9 Å². The third-order valence-electron chi connectivity index (χ3n) is 6.70. The quantitative estimate of drug-likeness (QED) is 0.280. The van der Waals surface area contributed by atoms with Crippen molar-refractivity contribution in [3.63, 3.8) is 0 Å². The van der Waals surface area contributed by atoms with E-state index >= 15 is 0 Å². The number of carboxylic acids is 1. The molecule has 11 nitrogen and oxygen atoms in total. The van der Waals surface area contributed by atoms with E-state index in [1.165, 1.54) is 18.5 Å². The molecule has 0 saturated carbocycles. The molecule has 5 rings (SSSR count). The number of amides is 1. The molecule has 0 aliphatic carbocycles. The third kappa shape index (κ3) is 5.39. The van der Waals surface area contributed by atoms with Crippen LogP contribution in [0.2, 0.25) is 0 Å². The molecule has 2 N–H and O–H groups in total. The van der Waals surface area contributed by atoms with Crippen molar-refractivity contribution < 1.29 is 33.3 Å². The minimum atomic E-state index is -1.14. The van der Waals surface area contributed by atoms with Crippen molar-refractivity contribution in [2.75, 3.05) is 32.6 Å². The Kier molecular flexibility index (Phi) is 7.54. The van der Waals surface area contributed by atoms with Gasteiger partial charge in [0.05, 0.1) is 25.4 Å². The number of furan rings is 1. The van der Waals surface area contributed by atoms with Crippen LogP contribution in [-0.4, -0.2) is 65.3 Å². The molecule has 1 aliphatic rings. The topological polar surface area (TPSA) is 136 Å². The number of likely N-dealkylation sites (tertiary alicyclic amines) is 1. The van der Waals surface area contributed by atoms with Crippen LogP contribution in [0.3, 0.4) is 0 Å². The monoisotopic (exact) mass is 544 g/mol. The highest BCUT2D eigenvalue weighted by Crippen LogP contribution is 2.38. The number of fused-ring (bicyclic) bond motifs is 1. The second kappa shape index (κ2) is 11.4. The molecule has 3 heterocycles. The van der Waals surface area contributed by atoms with Crippen LogP contribution in [0.5, 0.6) is 17.2 Å². The number of aromatic carboxylic acids is 1. The summed E-state index contributed by atoms with van der Waals surface area (Å²) in [7, 11) is 3.12. The molecule has 40 heavy (non-hydrogen) atoms. The number of hydrogen-bond acceptors (Lipinski definition) is 9. The van der Waals surface area contributed by atoms with Crippen molar-refractivity contribution in [3.05, 3.63) is 67.2 Å². The number of carboxylic acid groups (broad SMARTS) is 1. The van der Waals surface area contributed by atoms with Gasteiger partial charge in [0.15, 0.2) is 11.5 Å². The summed E-state index contributed by atoms with van der Waals surface area (Å²) in [5.74, 6) is 1.15. The zero-order valence-corrected chi connectivity index (χ0v) is 22.0. The Morgan fingerprint density at radius 3 is 2.50 bits per heavy atom. The summed E-state index contributed by atoms with van der Waals surface area (Å²) in [5.41, 5.74) is 1.88. The number of benzene rings is 2. The fraction of sp³-hybridized carbons (Fsp3) is 0.241. The maximum absolute atomic E-state index is 11.9. The van der Waals surface area contributed by atoms with Crippen LogP contribution >= 0.6 is 0 Å². The van der Waals surface area contributed by atoms with Crippen LogP contribution in [0.15, 0.2) is 65.9 Å². The molecule has 1 fully saturated rings. The van der Waals surface area contributed by atoms with Crippen molar-refractivity contribution in [1.29, 1.82) is 0 Å². The van der Waals surface area contributed by atoms with Gasteiger partial charge >= 0.3 is 5.97 Å². The minimum Gasteiger partial charge on any atom is -0.495 e. The van der Waals surface area contributed by atoms with E-state index in [2.05, 4.69) is 21.9 Å². The summed E-state index contributed by atoms with van der Waals surface area (Å²) in [5, 5.41) is 13.2. The fourth-order valence-corrected chi connectivity index (χ4v) is 4.61. The average molecular weight is 545 g/mol. The molecular weight excluding hydrogens is 516 g/mol. The number of carbonyl (C=O) groups excluding carboxylic acids is 1. The second-order valence-corrected chi connectivity index (χ2v) is 9.10. The van der Waals surface area contributed by atoms with Gasteiger partial charge in [-0.15, -0.1) is 0 Å². The molecule has 0 radical (unpaired) electrons. The van der Waals surface area contributed by atoms with Crippen molar-refractivity contribution in [2.24, 2.45) is 0 Å². The highest BCUT2D eigenvalue weighted by Gasteiger charge is 2.24. The van der Waals surface area contributed by atoms with Gasteiger partial charge in [-0.2, -0.15) is 0 Å². The standard InChI is InChI=1S/C29H28N4O7/c1-4-27(34)33-11-9-18(10-12-33)39-26-14-19-20(15-25(26)38-3)30-16-31-28(19)32-21-13-17(5-6-23(21)37-2)22-7-8-24(40-22)29(35)36/h4-8,13-16,18H,1,9-12H2,2-3H3,(H,35,36)(H,30,31,32). The summed E-state index contributed by atoms with van der Waals surface area (Å²) >= 11 is 0. The van der Waals surface area contributed by atoms with Gasteiger partial charge in [-0.25, -0.2) is 14.8 Å². The normalized spacial score (nSPS) is 13.6. The first-order chi connectivity index (χ1) is 19.4. The number of nitrogens with one attached hydrogen (secondary N) is 1. The van der Waals surface area contributed by atoms with E-state index in [1.807, 2.05) is 6.07 Å². The molecule has 0 atom stereocenters.